The van der Waals surface area contributed by atoms with Gasteiger partial charge in [0.2, 0.25) is 0 Å². The molecule has 2 aromatic heterocycles. The van der Waals surface area contributed by atoms with Crippen LogP contribution in [-0.2, 0) is 6.42 Å². The molecule has 2 aromatic carbocycles. The number of halogens is 4. The van der Waals surface area contributed by atoms with Gasteiger partial charge in [-0.15, -0.1) is 11.3 Å². The number of nitrogens with two attached hydrogens (primary N) is 1. The van der Waals surface area contributed by atoms with E-state index in [0.717, 1.165) is 43.2 Å². The topological polar surface area (TPSA) is 103 Å². The van der Waals surface area contributed by atoms with E-state index in [-0.39, 0.29) is 62.0 Å². The van der Waals surface area contributed by atoms with Crippen LogP contribution in [0.1, 0.15) is 50.2 Å². The third-order valence-electron chi connectivity index (χ3n) is 10.5. The number of nitrogens with one attached hydrogen (secondary N) is 1. The van der Waals surface area contributed by atoms with Crippen molar-refractivity contribution in [2.45, 2.75) is 69.2 Å². The molecule has 0 bridgehead atoms. The van der Waals surface area contributed by atoms with Gasteiger partial charge in [0, 0.05) is 49.1 Å². The van der Waals surface area contributed by atoms with Crippen LogP contribution in [0.4, 0.5) is 28.4 Å². The molecule has 0 saturated carbocycles. The van der Waals surface area contributed by atoms with Crippen LogP contribution in [-0.4, -0.2) is 71.4 Å². The van der Waals surface area contributed by atoms with Crippen LogP contribution in [0.2, 0.25) is 0 Å². The molecule has 3 N–H and O–H groups in total. The number of alkyl halides is 1. The van der Waals surface area contributed by atoms with E-state index >= 15 is 8.78 Å². The molecule has 6 heterocycles. The number of hydrogen-bond acceptors (Lipinski definition) is 9. The van der Waals surface area contributed by atoms with Crippen LogP contribution in [0.25, 0.3) is 32.1 Å². The molecular formula is C33H33F4N7OS. The lowest BCUT2D eigenvalue weighted by Crippen LogP contribution is -2.56. The number of thiophene rings is 1. The lowest BCUT2D eigenvalue weighted by atomic mass is 9.92. The maximum atomic E-state index is 17.0. The monoisotopic (exact) mass is 651 g/mol. The highest BCUT2D eigenvalue weighted by Crippen LogP contribution is 2.47. The summed E-state index contributed by atoms with van der Waals surface area (Å²) in [6, 6.07) is 4.50. The van der Waals surface area contributed by atoms with Gasteiger partial charge in [0.05, 0.1) is 26.8 Å². The number of ether oxygens (including phenoxy) is 1. The van der Waals surface area contributed by atoms with E-state index in [1.54, 1.807) is 0 Å². The minimum absolute atomic E-state index is 0.0245. The second-order valence-electron chi connectivity index (χ2n) is 13.0. The zero-order valence-corrected chi connectivity index (χ0v) is 26.1. The average Bonchev–Trinajstić information content (AvgIpc) is 3.66. The number of nitrogen functional groups attached to an aromatic ring is 1. The molecule has 240 valence electrons. The van der Waals surface area contributed by atoms with Gasteiger partial charge in [0.25, 0.3) is 0 Å². The molecule has 0 radical (unpaired) electrons. The van der Waals surface area contributed by atoms with Gasteiger partial charge in [0.1, 0.15) is 46.8 Å². The number of rotatable bonds is 5. The number of nitriles is 1. The highest BCUT2D eigenvalue weighted by molar-refractivity contribution is 7.23. The van der Waals surface area contributed by atoms with E-state index < -0.39 is 34.7 Å². The second-order valence-corrected chi connectivity index (χ2v) is 14.1. The van der Waals surface area contributed by atoms with Crippen LogP contribution in [0.15, 0.2) is 12.1 Å². The van der Waals surface area contributed by atoms with Gasteiger partial charge in [-0.25, -0.2) is 17.6 Å². The molecule has 4 aliphatic rings. The Morgan fingerprint density at radius 3 is 2.85 bits per heavy atom. The highest BCUT2D eigenvalue weighted by atomic mass is 32.1. The van der Waals surface area contributed by atoms with Gasteiger partial charge < -0.3 is 20.7 Å². The Kier molecular flexibility index (Phi) is 7.04. The molecule has 4 aliphatic heterocycles. The van der Waals surface area contributed by atoms with E-state index in [0.29, 0.717) is 50.1 Å². The Balaban J connectivity index is 1.35. The molecule has 0 aliphatic carbocycles. The summed E-state index contributed by atoms with van der Waals surface area (Å²) in [6.07, 6.45) is 2.87. The largest absolute Gasteiger partial charge is 0.461 e. The number of fused-ring (bicyclic) bond motifs is 4. The Morgan fingerprint density at radius 1 is 1.20 bits per heavy atom. The molecule has 8 rings (SSSR count). The summed E-state index contributed by atoms with van der Waals surface area (Å²) in [4.78, 5) is 13.6. The first-order valence-corrected chi connectivity index (χ1v) is 16.7. The first kappa shape index (κ1) is 29.7. The van der Waals surface area contributed by atoms with E-state index in [1.807, 2.05) is 6.07 Å². The number of nitrogens with zero attached hydrogens (tertiary/aromatic N) is 5. The normalized spacial score (nSPS) is 25.9. The Morgan fingerprint density at radius 2 is 2.04 bits per heavy atom. The zero-order chi connectivity index (χ0) is 31.9. The standard InChI is InChI=1S/C33H33F4N7OS/c1-2-17-14-44-18(12-40-17)4-5-20-25-28(41-32(42-31(25)44)45-15-33-8-3-9-43(33)13-16(34)10-33)27(37)24(26(20)36)19-6-7-22(35)29-23(19)21(11-38)30(39)46-29/h6-7,16-18,40H,2-5,8-10,12-15,39H2,1H3/t16-,17-,18-,33+/m1/s1. The van der Waals surface area contributed by atoms with Crippen molar-refractivity contribution in [1.82, 2.24) is 20.2 Å². The summed E-state index contributed by atoms with van der Waals surface area (Å²) in [5.74, 6) is -1.95. The molecule has 0 amide bonds. The number of aromatic nitrogens is 2. The average molecular weight is 652 g/mol. The summed E-state index contributed by atoms with van der Waals surface area (Å²) in [5, 5.41) is 13.9. The van der Waals surface area contributed by atoms with Crippen LogP contribution in [0.3, 0.4) is 0 Å². The summed E-state index contributed by atoms with van der Waals surface area (Å²) in [6.45, 7) is 4.64. The molecule has 3 saturated heterocycles. The van der Waals surface area contributed by atoms with Crippen molar-refractivity contribution in [2.75, 3.05) is 43.4 Å². The molecule has 46 heavy (non-hydrogen) atoms. The maximum absolute atomic E-state index is 17.0. The number of aryl methyl sites for hydroxylation is 1. The zero-order valence-electron chi connectivity index (χ0n) is 25.3. The minimum Gasteiger partial charge on any atom is -0.461 e. The van der Waals surface area contributed by atoms with Gasteiger partial charge >= 0.3 is 6.01 Å². The lowest BCUT2D eigenvalue weighted by Gasteiger charge is -2.40. The molecule has 4 atom stereocenters. The number of piperazine rings is 1. The fourth-order valence-electron chi connectivity index (χ4n) is 8.21. The first-order valence-electron chi connectivity index (χ1n) is 15.9. The van der Waals surface area contributed by atoms with E-state index in [1.165, 1.54) is 6.07 Å². The quantitative estimate of drug-likeness (QED) is 0.260. The smallest absolute Gasteiger partial charge is 0.319 e. The SMILES string of the molecule is CC[C@@H]1CN2c3nc(OC[C@@]45CCCN4C[C@H](F)C5)nc4c(F)c(-c5ccc(F)c6sc(N)c(C#N)c56)c(F)c(c34)CC[C@@H]2CN1. The molecular weight excluding hydrogens is 618 g/mol. The van der Waals surface area contributed by atoms with Crippen LogP contribution in [0.5, 0.6) is 6.01 Å². The van der Waals surface area contributed by atoms with Crippen molar-refractivity contribution in [3.63, 3.8) is 0 Å². The lowest BCUT2D eigenvalue weighted by molar-refractivity contribution is 0.107. The van der Waals surface area contributed by atoms with Gasteiger partial charge in [-0.3, -0.25) is 4.90 Å². The van der Waals surface area contributed by atoms with Crippen LogP contribution < -0.4 is 20.7 Å². The Hall–Kier alpha value is -3.73. The number of anilines is 2. The number of hydrogen-bond donors (Lipinski definition) is 2. The van der Waals surface area contributed by atoms with Crippen molar-refractivity contribution in [3.8, 4) is 23.2 Å². The Bertz CT molecular complexity index is 1950. The third-order valence-corrected chi connectivity index (χ3v) is 11.5. The van der Waals surface area contributed by atoms with E-state index in [2.05, 4.69) is 27.0 Å². The van der Waals surface area contributed by atoms with Crippen molar-refractivity contribution in [1.29, 1.82) is 5.26 Å². The molecule has 4 aromatic rings. The van der Waals surface area contributed by atoms with Crippen molar-refractivity contribution < 1.29 is 22.3 Å². The summed E-state index contributed by atoms with van der Waals surface area (Å²) < 4.78 is 69.6. The molecule has 13 heteroatoms. The molecule has 0 unspecified atom stereocenters. The van der Waals surface area contributed by atoms with Gasteiger partial charge in [0.15, 0.2) is 5.82 Å². The van der Waals surface area contributed by atoms with E-state index in [4.69, 9.17) is 15.5 Å². The van der Waals surface area contributed by atoms with Crippen molar-refractivity contribution >= 4 is 43.1 Å². The molecule has 0 spiro atoms. The number of benzene rings is 2. The minimum atomic E-state index is -0.947. The second kappa shape index (κ2) is 10.9. The van der Waals surface area contributed by atoms with Crippen molar-refractivity contribution in [2.24, 2.45) is 0 Å². The highest BCUT2D eigenvalue weighted by Gasteiger charge is 2.49. The summed E-state index contributed by atoms with van der Waals surface area (Å²) in [7, 11) is 0. The molecule has 3 fully saturated rings. The third kappa shape index (κ3) is 4.37. The summed E-state index contributed by atoms with van der Waals surface area (Å²) >= 11 is 0.870. The predicted octanol–water partition coefficient (Wildman–Crippen LogP) is 5.84. The first-order chi connectivity index (χ1) is 22.2. The van der Waals surface area contributed by atoms with E-state index in [9.17, 15) is 14.0 Å². The molecule has 8 nitrogen and oxygen atoms in total. The van der Waals surface area contributed by atoms with Crippen LogP contribution in [0, 0.1) is 28.8 Å². The fourth-order valence-corrected chi connectivity index (χ4v) is 9.16. The van der Waals surface area contributed by atoms with Crippen LogP contribution >= 0.6 is 11.3 Å². The van der Waals surface area contributed by atoms with Gasteiger partial charge in [-0.05, 0) is 50.3 Å². The van der Waals surface area contributed by atoms with Gasteiger partial charge in [-0.2, -0.15) is 15.2 Å². The predicted molar refractivity (Wildman–Crippen MR) is 169 cm³/mol. The van der Waals surface area contributed by atoms with Gasteiger partial charge in [-0.1, -0.05) is 13.0 Å². The van der Waals surface area contributed by atoms with Crippen molar-refractivity contribution in [3.05, 3.63) is 40.7 Å². The fraction of sp³-hybridized carbons (Fsp3) is 0.485. The Labute approximate surface area is 267 Å². The summed E-state index contributed by atoms with van der Waals surface area (Å²) in [5.41, 5.74) is 5.37. The maximum Gasteiger partial charge on any atom is 0.319 e.